The number of anilines is 2. The molecule has 1 aromatic heterocycles. The zero-order valence-electron chi connectivity index (χ0n) is 18.5. The fourth-order valence-electron chi connectivity index (χ4n) is 3.68. The van der Waals surface area contributed by atoms with Crippen molar-refractivity contribution in [2.45, 2.75) is 13.8 Å². The summed E-state index contributed by atoms with van der Waals surface area (Å²) in [5, 5.41) is 14.3. The van der Waals surface area contributed by atoms with E-state index in [0.29, 0.717) is 24.5 Å². The summed E-state index contributed by atoms with van der Waals surface area (Å²) >= 11 is 0. The van der Waals surface area contributed by atoms with Crippen LogP contribution in [-0.2, 0) is 0 Å². The first kappa shape index (κ1) is 21.3. The molecule has 0 atom stereocenters. The lowest BCUT2D eigenvalue weighted by molar-refractivity contribution is 0.0773. The smallest absolute Gasteiger partial charge is 0.253 e. The molecule has 0 radical (unpaired) electrons. The van der Waals surface area contributed by atoms with Gasteiger partial charge in [0, 0.05) is 40.7 Å². The number of carbonyl (C=O) groups is 1. The normalized spacial score (nSPS) is 10.7. The van der Waals surface area contributed by atoms with Crippen molar-refractivity contribution in [2.24, 2.45) is 0 Å². The molecule has 0 aliphatic carbocycles. The van der Waals surface area contributed by atoms with Gasteiger partial charge < -0.3 is 15.0 Å². The largest absolute Gasteiger partial charge is 0.497 e. The number of carbonyl (C=O) groups excluding carboxylic acids is 1. The van der Waals surface area contributed by atoms with Gasteiger partial charge in [-0.1, -0.05) is 36.4 Å². The van der Waals surface area contributed by atoms with Crippen LogP contribution in [0.2, 0.25) is 0 Å². The van der Waals surface area contributed by atoms with Gasteiger partial charge in [-0.15, -0.1) is 10.2 Å². The fraction of sp³-hybridized carbons (Fsp3) is 0.192. The van der Waals surface area contributed by atoms with Crippen molar-refractivity contribution < 1.29 is 9.53 Å². The molecule has 0 spiro atoms. The number of amides is 1. The second-order valence-corrected chi connectivity index (χ2v) is 7.35. The first-order chi connectivity index (χ1) is 15.6. The minimum absolute atomic E-state index is 0.0385. The standard InChI is InChI=1S/C26H26N4O2/c1-4-30(5-2)26(31)19-12-10-18(11-13-19)24-22-8-6-7-9-23(22)25(29-28-24)27-20-14-16-21(32-3)17-15-20/h6-17H,4-5H2,1-3H3,(H,27,29). The third-order valence-electron chi connectivity index (χ3n) is 5.50. The highest BCUT2D eigenvalue weighted by Gasteiger charge is 2.14. The highest BCUT2D eigenvalue weighted by atomic mass is 16.5. The average molecular weight is 427 g/mol. The molecule has 0 fully saturated rings. The summed E-state index contributed by atoms with van der Waals surface area (Å²) in [6.07, 6.45) is 0. The van der Waals surface area contributed by atoms with Crippen molar-refractivity contribution in [3.05, 3.63) is 78.4 Å². The number of methoxy groups -OCH3 is 1. The molecule has 6 heteroatoms. The summed E-state index contributed by atoms with van der Waals surface area (Å²) in [6.45, 7) is 5.35. The van der Waals surface area contributed by atoms with Crippen LogP contribution in [0.3, 0.4) is 0 Å². The molecule has 32 heavy (non-hydrogen) atoms. The van der Waals surface area contributed by atoms with Gasteiger partial charge >= 0.3 is 0 Å². The maximum Gasteiger partial charge on any atom is 0.253 e. The Kier molecular flexibility index (Phi) is 6.31. The van der Waals surface area contributed by atoms with E-state index in [0.717, 1.165) is 33.5 Å². The van der Waals surface area contributed by atoms with Gasteiger partial charge in [0.05, 0.1) is 7.11 Å². The summed E-state index contributed by atoms with van der Waals surface area (Å²) in [5.41, 5.74) is 3.27. The second kappa shape index (κ2) is 9.47. The van der Waals surface area contributed by atoms with Crippen molar-refractivity contribution in [2.75, 3.05) is 25.5 Å². The van der Waals surface area contributed by atoms with Gasteiger partial charge in [-0.05, 0) is 50.2 Å². The Morgan fingerprint density at radius 2 is 1.53 bits per heavy atom. The molecule has 0 bridgehead atoms. The molecule has 0 aliphatic heterocycles. The number of fused-ring (bicyclic) bond motifs is 1. The molecule has 1 amide bonds. The number of nitrogens with zero attached hydrogens (tertiary/aromatic N) is 3. The third-order valence-corrected chi connectivity index (χ3v) is 5.50. The molecular weight excluding hydrogens is 400 g/mol. The Morgan fingerprint density at radius 3 is 2.16 bits per heavy atom. The molecule has 0 unspecified atom stereocenters. The van der Waals surface area contributed by atoms with Gasteiger partial charge in [0.2, 0.25) is 0 Å². The summed E-state index contributed by atoms with van der Waals surface area (Å²) in [4.78, 5) is 14.4. The van der Waals surface area contributed by atoms with Crippen molar-refractivity contribution in [1.29, 1.82) is 0 Å². The van der Waals surface area contributed by atoms with Gasteiger partial charge in [-0.2, -0.15) is 0 Å². The quantitative estimate of drug-likeness (QED) is 0.421. The lowest BCUT2D eigenvalue weighted by atomic mass is 10.0. The van der Waals surface area contributed by atoms with Crippen LogP contribution >= 0.6 is 0 Å². The Hall–Kier alpha value is -3.93. The van der Waals surface area contributed by atoms with Crippen molar-refractivity contribution in [1.82, 2.24) is 15.1 Å². The van der Waals surface area contributed by atoms with E-state index in [2.05, 4.69) is 15.5 Å². The summed E-state index contributed by atoms with van der Waals surface area (Å²) in [6, 6.07) is 23.3. The van der Waals surface area contributed by atoms with Crippen LogP contribution in [0.1, 0.15) is 24.2 Å². The number of hydrogen-bond donors (Lipinski definition) is 1. The Morgan fingerprint density at radius 1 is 0.875 bits per heavy atom. The molecule has 4 aromatic rings. The van der Waals surface area contributed by atoms with Crippen LogP contribution < -0.4 is 10.1 Å². The zero-order chi connectivity index (χ0) is 22.5. The lowest BCUT2D eigenvalue weighted by Gasteiger charge is -2.18. The van der Waals surface area contributed by atoms with Crippen LogP contribution in [0.5, 0.6) is 5.75 Å². The van der Waals surface area contributed by atoms with E-state index in [9.17, 15) is 4.79 Å². The molecule has 4 rings (SSSR count). The van der Waals surface area contributed by atoms with Gasteiger partial charge in [0.15, 0.2) is 5.82 Å². The third kappa shape index (κ3) is 4.25. The predicted octanol–water partition coefficient (Wildman–Crippen LogP) is 5.53. The van der Waals surface area contributed by atoms with E-state index in [1.54, 1.807) is 7.11 Å². The molecule has 6 nitrogen and oxygen atoms in total. The number of hydrogen-bond acceptors (Lipinski definition) is 5. The van der Waals surface area contributed by atoms with Crippen molar-refractivity contribution in [3.8, 4) is 17.0 Å². The number of nitrogens with one attached hydrogen (secondary N) is 1. The fourth-order valence-corrected chi connectivity index (χ4v) is 3.68. The van der Waals surface area contributed by atoms with Gasteiger partial charge in [0.1, 0.15) is 11.4 Å². The number of rotatable bonds is 7. The van der Waals surface area contributed by atoms with E-state index >= 15 is 0 Å². The van der Waals surface area contributed by atoms with Gasteiger partial charge in [-0.3, -0.25) is 4.79 Å². The van der Waals surface area contributed by atoms with Crippen molar-refractivity contribution >= 4 is 28.2 Å². The predicted molar refractivity (Wildman–Crippen MR) is 129 cm³/mol. The van der Waals surface area contributed by atoms with E-state index in [4.69, 9.17) is 4.74 Å². The molecule has 162 valence electrons. The first-order valence-electron chi connectivity index (χ1n) is 10.7. The molecule has 0 saturated heterocycles. The SMILES string of the molecule is CCN(CC)C(=O)c1ccc(-c2nnc(Nc3ccc(OC)cc3)c3ccccc23)cc1. The van der Waals surface area contributed by atoms with Gasteiger partial charge in [-0.25, -0.2) is 0 Å². The maximum atomic E-state index is 12.6. The number of aromatic nitrogens is 2. The minimum atomic E-state index is 0.0385. The monoisotopic (exact) mass is 426 g/mol. The van der Waals surface area contributed by atoms with Gasteiger partial charge in [0.25, 0.3) is 5.91 Å². The molecule has 0 saturated carbocycles. The second-order valence-electron chi connectivity index (χ2n) is 7.35. The molecule has 1 heterocycles. The molecule has 3 aromatic carbocycles. The first-order valence-corrected chi connectivity index (χ1v) is 10.7. The minimum Gasteiger partial charge on any atom is -0.497 e. The van der Waals surface area contributed by atoms with E-state index in [-0.39, 0.29) is 5.91 Å². The van der Waals surface area contributed by atoms with Crippen LogP contribution in [0, 0.1) is 0 Å². The highest BCUT2D eigenvalue weighted by Crippen LogP contribution is 2.31. The zero-order valence-corrected chi connectivity index (χ0v) is 18.5. The molecule has 0 aliphatic rings. The molecular formula is C26H26N4O2. The number of benzene rings is 3. The molecule has 1 N–H and O–H groups in total. The lowest BCUT2D eigenvalue weighted by Crippen LogP contribution is -2.30. The van der Waals surface area contributed by atoms with Crippen LogP contribution in [0.15, 0.2) is 72.8 Å². The van der Waals surface area contributed by atoms with Crippen LogP contribution in [0.4, 0.5) is 11.5 Å². The van der Waals surface area contributed by atoms with Crippen LogP contribution in [-0.4, -0.2) is 41.2 Å². The van der Waals surface area contributed by atoms with E-state index in [1.807, 2.05) is 91.5 Å². The Labute approximate surface area is 187 Å². The summed E-state index contributed by atoms with van der Waals surface area (Å²) in [5.74, 6) is 1.52. The Balaban J connectivity index is 1.67. The van der Waals surface area contributed by atoms with E-state index < -0.39 is 0 Å². The maximum absolute atomic E-state index is 12.6. The average Bonchev–Trinajstić information content (AvgIpc) is 2.85. The number of ether oxygens (including phenoxy) is 1. The highest BCUT2D eigenvalue weighted by molar-refractivity contribution is 6.01. The van der Waals surface area contributed by atoms with E-state index in [1.165, 1.54) is 0 Å². The summed E-state index contributed by atoms with van der Waals surface area (Å²) in [7, 11) is 1.65. The Bertz CT molecular complexity index is 1220. The van der Waals surface area contributed by atoms with Crippen LogP contribution in [0.25, 0.3) is 22.0 Å². The van der Waals surface area contributed by atoms with Crippen molar-refractivity contribution in [3.63, 3.8) is 0 Å². The topological polar surface area (TPSA) is 67.4 Å². The summed E-state index contributed by atoms with van der Waals surface area (Å²) < 4.78 is 5.22.